The number of anilines is 2. The number of aryl methyl sites for hydroxylation is 3. The highest BCUT2D eigenvalue weighted by Crippen LogP contribution is 2.31. The Bertz CT molecular complexity index is 768. The van der Waals surface area contributed by atoms with E-state index in [1.807, 2.05) is 52.8 Å². The monoisotopic (exact) mass is 342 g/mol. The van der Waals surface area contributed by atoms with Crippen molar-refractivity contribution in [3.8, 4) is 5.75 Å². The molecule has 2 N–H and O–H groups in total. The third-order valence-corrected chi connectivity index (χ3v) is 4.16. The number of nitrogens with one attached hydrogen (secondary N) is 1. The topological polar surface area (TPSA) is 71.5 Å². The number of carboxylic acids is 1. The summed E-state index contributed by atoms with van der Waals surface area (Å²) < 4.78 is 5.95. The van der Waals surface area contributed by atoms with Crippen LogP contribution in [-0.4, -0.2) is 22.2 Å². The molecule has 2 aromatic rings. The average Bonchev–Trinajstić information content (AvgIpc) is 2.54. The maximum absolute atomic E-state index is 11.9. The Morgan fingerprint density at radius 3 is 2.44 bits per heavy atom. The van der Waals surface area contributed by atoms with E-state index in [0.717, 1.165) is 29.7 Å². The Hall–Kier alpha value is -2.56. The van der Waals surface area contributed by atoms with E-state index >= 15 is 0 Å². The van der Waals surface area contributed by atoms with Gasteiger partial charge in [0.15, 0.2) is 0 Å². The van der Waals surface area contributed by atoms with Gasteiger partial charge in [0.25, 0.3) is 0 Å². The molecular weight excluding hydrogens is 316 g/mol. The van der Waals surface area contributed by atoms with Gasteiger partial charge in [-0.25, -0.2) is 9.78 Å². The quantitative estimate of drug-likeness (QED) is 0.739. The molecule has 0 aliphatic heterocycles. The van der Waals surface area contributed by atoms with Crippen molar-refractivity contribution in [2.45, 2.75) is 53.6 Å². The van der Waals surface area contributed by atoms with Crippen molar-refractivity contribution in [1.29, 1.82) is 0 Å². The highest BCUT2D eigenvalue weighted by atomic mass is 16.5. The van der Waals surface area contributed by atoms with Gasteiger partial charge in [-0.3, -0.25) is 0 Å². The molecule has 0 saturated carbocycles. The summed E-state index contributed by atoms with van der Waals surface area (Å²) in [5.41, 5.74) is 3.79. The third-order valence-electron chi connectivity index (χ3n) is 4.16. The molecule has 2 rings (SSSR count). The second-order valence-electron chi connectivity index (χ2n) is 6.29. The van der Waals surface area contributed by atoms with Gasteiger partial charge >= 0.3 is 5.97 Å². The molecule has 0 spiro atoms. The third kappa shape index (κ3) is 4.50. The molecule has 1 aromatic carbocycles. The van der Waals surface area contributed by atoms with Crippen LogP contribution in [0.3, 0.4) is 0 Å². The molecular formula is C20H26N2O3. The Kier molecular flexibility index (Phi) is 6.02. The second-order valence-corrected chi connectivity index (χ2v) is 6.29. The summed E-state index contributed by atoms with van der Waals surface area (Å²) in [6.45, 7) is 9.88. The van der Waals surface area contributed by atoms with Gasteiger partial charge in [0.2, 0.25) is 0 Å². The van der Waals surface area contributed by atoms with Crippen LogP contribution in [0.25, 0.3) is 0 Å². The van der Waals surface area contributed by atoms with Gasteiger partial charge in [-0.2, -0.15) is 0 Å². The van der Waals surface area contributed by atoms with E-state index in [9.17, 15) is 9.90 Å². The van der Waals surface area contributed by atoms with Gasteiger partial charge in [-0.05, 0) is 45.2 Å². The van der Waals surface area contributed by atoms with Gasteiger partial charge in [0.05, 0.1) is 6.10 Å². The number of carboxylic acid groups (broad SMARTS) is 1. The summed E-state index contributed by atoms with van der Waals surface area (Å²) in [5, 5.41) is 12.9. The fourth-order valence-corrected chi connectivity index (χ4v) is 2.75. The van der Waals surface area contributed by atoms with Crippen molar-refractivity contribution in [3.63, 3.8) is 0 Å². The van der Waals surface area contributed by atoms with Crippen LogP contribution in [0.5, 0.6) is 5.75 Å². The molecule has 0 aliphatic rings. The molecule has 1 aromatic heterocycles. The number of benzene rings is 1. The lowest BCUT2D eigenvalue weighted by atomic mass is 10.1. The summed E-state index contributed by atoms with van der Waals surface area (Å²) in [7, 11) is 0. The molecule has 5 heteroatoms. The van der Waals surface area contributed by atoms with Crippen LogP contribution in [-0.2, 0) is 0 Å². The van der Waals surface area contributed by atoms with Crippen molar-refractivity contribution in [2.75, 3.05) is 5.32 Å². The summed E-state index contributed by atoms with van der Waals surface area (Å²) in [6, 6.07) is 7.64. The Morgan fingerprint density at radius 2 is 1.88 bits per heavy atom. The minimum absolute atomic E-state index is 0.0196. The fourth-order valence-electron chi connectivity index (χ4n) is 2.75. The van der Waals surface area contributed by atoms with E-state index in [2.05, 4.69) is 10.3 Å². The standard InChI is InChI=1S/C20H26N2O3/c1-6-15(7-2)25-17-11-14(5)21-19(18(17)20(23)24)22-16-9-8-12(3)10-13(16)4/h8-11,15H,6-7H2,1-5H3,(H,21,22)(H,23,24). The zero-order valence-electron chi connectivity index (χ0n) is 15.5. The first-order valence-corrected chi connectivity index (χ1v) is 8.61. The minimum atomic E-state index is -1.05. The molecule has 0 bridgehead atoms. The number of aromatic nitrogens is 1. The van der Waals surface area contributed by atoms with Crippen LogP contribution in [0.2, 0.25) is 0 Å². The number of nitrogens with zero attached hydrogens (tertiary/aromatic N) is 1. The molecule has 1 heterocycles. The first-order valence-electron chi connectivity index (χ1n) is 8.61. The number of aromatic carboxylic acids is 1. The van der Waals surface area contributed by atoms with Crippen molar-refractivity contribution >= 4 is 17.5 Å². The predicted octanol–water partition coefficient (Wildman–Crippen LogP) is 5.02. The van der Waals surface area contributed by atoms with Crippen LogP contribution < -0.4 is 10.1 Å². The van der Waals surface area contributed by atoms with Gasteiger partial charge in [0, 0.05) is 17.4 Å². The highest BCUT2D eigenvalue weighted by Gasteiger charge is 2.22. The summed E-state index contributed by atoms with van der Waals surface area (Å²) >= 11 is 0. The Balaban J connectivity index is 2.49. The van der Waals surface area contributed by atoms with Crippen molar-refractivity contribution < 1.29 is 14.6 Å². The molecule has 134 valence electrons. The van der Waals surface area contributed by atoms with E-state index in [1.165, 1.54) is 0 Å². The van der Waals surface area contributed by atoms with Gasteiger partial charge in [0.1, 0.15) is 17.1 Å². The molecule has 0 unspecified atom stereocenters. The van der Waals surface area contributed by atoms with Gasteiger partial charge in [-0.1, -0.05) is 31.5 Å². The van der Waals surface area contributed by atoms with Crippen molar-refractivity contribution in [2.24, 2.45) is 0 Å². The van der Waals surface area contributed by atoms with Crippen LogP contribution >= 0.6 is 0 Å². The number of rotatable bonds is 7. The largest absolute Gasteiger partial charge is 0.489 e. The summed E-state index contributed by atoms with van der Waals surface area (Å²) in [4.78, 5) is 16.3. The first kappa shape index (κ1) is 18.8. The zero-order valence-corrected chi connectivity index (χ0v) is 15.5. The Labute approximate surface area is 149 Å². The second kappa shape index (κ2) is 8.01. The summed E-state index contributed by atoms with van der Waals surface area (Å²) in [5.74, 6) is -0.387. The van der Waals surface area contributed by atoms with Gasteiger partial charge in [-0.15, -0.1) is 0 Å². The number of ether oxygens (including phenoxy) is 1. The van der Waals surface area contributed by atoms with Crippen LogP contribution in [0.1, 0.15) is 53.9 Å². The Morgan fingerprint density at radius 1 is 1.20 bits per heavy atom. The van der Waals surface area contributed by atoms with Crippen molar-refractivity contribution in [3.05, 3.63) is 46.6 Å². The smallest absolute Gasteiger partial charge is 0.343 e. The molecule has 0 atom stereocenters. The summed E-state index contributed by atoms with van der Waals surface area (Å²) in [6.07, 6.45) is 1.61. The van der Waals surface area contributed by atoms with E-state index in [-0.39, 0.29) is 11.7 Å². The number of hydrogen-bond acceptors (Lipinski definition) is 4. The molecule has 0 saturated heterocycles. The SMILES string of the molecule is CCC(CC)Oc1cc(C)nc(Nc2ccc(C)cc2C)c1C(=O)O. The lowest BCUT2D eigenvalue weighted by Gasteiger charge is -2.20. The van der Waals surface area contributed by atoms with E-state index in [1.54, 1.807) is 6.07 Å². The first-order chi connectivity index (χ1) is 11.8. The van der Waals surface area contributed by atoms with Crippen LogP contribution in [0.15, 0.2) is 24.3 Å². The lowest BCUT2D eigenvalue weighted by molar-refractivity contribution is 0.0689. The van der Waals surface area contributed by atoms with Crippen molar-refractivity contribution in [1.82, 2.24) is 4.98 Å². The molecule has 0 amide bonds. The number of pyridine rings is 1. The van der Waals surface area contributed by atoms with Crippen LogP contribution in [0.4, 0.5) is 11.5 Å². The normalized spacial score (nSPS) is 10.8. The van der Waals surface area contributed by atoms with Crippen LogP contribution in [0, 0.1) is 20.8 Å². The van der Waals surface area contributed by atoms with E-state index in [4.69, 9.17) is 4.74 Å². The average molecular weight is 342 g/mol. The van der Waals surface area contributed by atoms with E-state index < -0.39 is 5.97 Å². The molecule has 0 radical (unpaired) electrons. The van der Waals surface area contributed by atoms with E-state index in [0.29, 0.717) is 17.3 Å². The molecule has 0 aliphatic carbocycles. The maximum Gasteiger partial charge on any atom is 0.343 e. The minimum Gasteiger partial charge on any atom is -0.489 e. The van der Waals surface area contributed by atoms with Gasteiger partial charge < -0.3 is 15.2 Å². The molecule has 25 heavy (non-hydrogen) atoms. The number of hydrogen-bond donors (Lipinski definition) is 2. The molecule has 0 fully saturated rings. The lowest BCUT2D eigenvalue weighted by Crippen LogP contribution is -2.17. The highest BCUT2D eigenvalue weighted by molar-refractivity contribution is 5.97. The predicted molar refractivity (Wildman–Crippen MR) is 100 cm³/mol. The number of carbonyl (C=O) groups is 1. The maximum atomic E-state index is 11.9. The zero-order chi connectivity index (χ0) is 18.6. The molecule has 5 nitrogen and oxygen atoms in total. The fraction of sp³-hybridized carbons (Fsp3) is 0.400.